The predicted octanol–water partition coefficient (Wildman–Crippen LogP) is 1.47. The molecule has 106 valence electrons. The molecule has 0 aliphatic rings. The molecule has 0 spiro atoms. The molecule has 0 saturated heterocycles. The number of rotatable bonds is 7. The minimum Gasteiger partial charge on any atom is -0.492 e. The van der Waals surface area contributed by atoms with Crippen molar-refractivity contribution in [2.75, 3.05) is 26.7 Å². The molecule has 1 aromatic carbocycles. The molecule has 5 nitrogen and oxygen atoms in total. The minimum absolute atomic E-state index is 0.211. The summed E-state index contributed by atoms with van der Waals surface area (Å²) in [6, 6.07) is 6.40. The average molecular weight is 267 g/mol. The summed E-state index contributed by atoms with van der Waals surface area (Å²) in [5.74, 6) is -0.429. The van der Waals surface area contributed by atoms with Gasteiger partial charge in [-0.3, -0.25) is 0 Å². The van der Waals surface area contributed by atoms with E-state index in [4.69, 9.17) is 9.84 Å². The molecule has 0 aliphatic carbocycles. The highest BCUT2D eigenvalue weighted by atomic mass is 16.5. The van der Waals surface area contributed by atoms with Gasteiger partial charge in [-0.05, 0) is 39.1 Å². The van der Waals surface area contributed by atoms with Crippen LogP contribution in [-0.2, 0) is 0 Å². The number of ether oxygens (including phenoxy) is 1. The van der Waals surface area contributed by atoms with Crippen LogP contribution >= 0.6 is 0 Å². The quantitative estimate of drug-likeness (QED) is 0.783. The summed E-state index contributed by atoms with van der Waals surface area (Å²) in [5.41, 5.74) is -0.528. The van der Waals surface area contributed by atoms with E-state index in [1.165, 1.54) is 12.1 Å². The number of carboxylic acid groups (broad SMARTS) is 1. The Morgan fingerprint density at radius 2 is 2.11 bits per heavy atom. The first-order valence-electron chi connectivity index (χ1n) is 6.15. The topological polar surface area (TPSA) is 70.0 Å². The number of nitrogens with zero attached hydrogens (tertiary/aromatic N) is 1. The fraction of sp³-hybridized carbons (Fsp3) is 0.500. The Kier molecular flexibility index (Phi) is 5.32. The van der Waals surface area contributed by atoms with Crippen molar-refractivity contribution >= 4 is 5.97 Å². The highest BCUT2D eigenvalue weighted by molar-refractivity contribution is 5.87. The fourth-order valence-electron chi connectivity index (χ4n) is 1.78. The van der Waals surface area contributed by atoms with Crippen molar-refractivity contribution in [3.05, 3.63) is 29.8 Å². The Morgan fingerprint density at radius 3 is 2.68 bits per heavy atom. The van der Waals surface area contributed by atoms with Crippen molar-refractivity contribution in [2.45, 2.75) is 19.4 Å². The van der Waals surface area contributed by atoms with Crippen molar-refractivity contribution in [2.24, 2.45) is 0 Å². The van der Waals surface area contributed by atoms with Crippen LogP contribution in [0.1, 0.15) is 24.2 Å². The van der Waals surface area contributed by atoms with Crippen molar-refractivity contribution in [1.29, 1.82) is 0 Å². The lowest BCUT2D eigenvalue weighted by atomic mass is 10.1. The van der Waals surface area contributed by atoms with E-state index in [1.807, 2.05) is 11.9 Å². The molecule has 0 aromatic heterocycles. The van der Waals surface area contributed by atoms with E-state index in [0.717, 1.165) is 0 Å². The molecule has 1 rings (SSSR count). The van der Waals surface area contributed by atoms with Gasteiger partial charge >= 0.3 is 5.97 Å². The second-order valence-corrected chi connectivity index (χ2v) is 5.23. The monoisotopic (exact) mass is 267 g/mol. The highest BCUT2D eigenvalue weighted by Crippen LogP contribution is 2.13. The first kappa shape index (κ1) is 15.5. The van der Waals surface area contributed by atoms with Gasteiger partial charge in [-0.2, -0.15) is 0 Å². The molecule has 0 aliphatic heterocycles. The number of hydrogen-bond acceptors (Lipinski definition) is 4. The standard InChI is InChI=1S/C14H21NO4/c1-14(2,18)10-15(3)7-8-19-12-6-4-5-11(9-12)13(16)17/h4-6,9,18H,7-8,10H2,1-3H3,(H,16,17). The van der Waals surface area contributed by atoms with Gasteiger partial charge in [0.05, 0.1) is 11.2 Å². The lowest BCUT2D eigenvalue weighted by Gasteiger charge is -2.25. The van der Waals surface area contributed by atoms with E-state index in [0.29, 0.717) is 25.4 Å². The maximum atomic E-state index is 10.8. The van der Waals surface area contributed by atoms with Gasteiger partial charge in [0.15, 0.2) is 0 Å². The maximum absolute atomic E-state index is 10.8. The predicted molar refractivity (Wildman–Crippen MR) is 72.7 cm³/mol. The molecule has 0 fully saturated rings. The zero-order chi connectivity index (χ0) is 14.5. The molecule has 0 radical (unpaired) electrons. The fourth-order valence-corrected chi connectivity index (χ4v) is 1.78. The summed E-state index contributed by atoms with van der Waals surface area (Å²) < 4.78 is 5.50. The zero-order valence-corrected chi connectivity index (χ0v) is 11.6. The first-order valence-corrected chi connectivity index (χ1v) is 6.15. The smallest absolute Gasteiger partial charge is 0.335 e. The van der Waals surface area contributed by atoms with E-state index in [2.05, 4.69) is 0 Å². The van der Waals surface area contributed by atoms with Crippen LogP contribution < -0.4 is 4.74 Å². The SMILES string of the molecule is CN(CCOc1cccc(C(=O)O)c1)CC(C)(C)O. The van der Waals surface area contributed by atoms with Gasteiger partial charge in [-0.25, -0.2) is 4.79 Å². The molecule has 2 N–H and O–H groups in total. The number of carboxylic acids is 1. The molecule has 0 atom stereocenters. The molecule has 0 amide bonds. The third kappa shape index (κ3) is 6.22. The van der Waals surface area contributed by atoms with Crippen LogP contribution in [0.2, 0.25) is 0 Å². The normalized spacial score (nSPS) is 11.6. The lowest BCUT2D eigenvalue weighted by molar-refractivity contribution is 0.0411. The van der Waals surface area contributed by atoms with Crippen molar-refractivity contribution in [3.63, 3.8) is 0 Å². The number of benzene rings is 1. The van der Waals surface area contributed by atoms with E-state index in [-0.39, 0.29) is 5.56 Å². The molecule has 0 heterocycles. The van der Waals surface area contributed by atoms with Crippen LogP contribution in [0.3, 0.4) is 0 Å². The number of likely N-dealkylation sites (N-methyl/N-ethyl adjacent to an activating group) is 1. The number of aromatic carboxylic acids is 1. The van der Waals surface area contributed by atoms with Crippen LogP contribution in [-0.4, -0.2) is 53.4 Å². The van der Waals surface area contributed by atoms with E-state index in [9.17, 15) is 9.90 Å². The molecule has 0 unspecified atom stereocenters. The molecule has 0 saturated carbocycles. The van der Waals surface area contributed by atoms with Gasteiger partial charge in [0.2, 0.25) is 0 Å². The van der Waals surface area contributed by atoms with Gasteiger partial charge in [0.1, 0.15) is 12.4 Å². The van der Waals surface area contributed by atoms with Gasteiger partial charge in [0, 0.05) is 13.1 Å². The van der Waals surface area contributed by atoms with E-state index >= 15 is 0 Å². The van der Waals surface area contributed by atoms with Crippen LogP contribution in [0, 0.1) is 0 Å². The van der Waals surface area contributed by atoms with Gasteiger partial charge in [-0.1, -0.05) is 6.07 Å². The maximum Gasteiger partial charge on any atom is 0.335 e. The summed E-state index contributed by atoms with van der Waals surface area (Å²) in [5, 5.41) is 18.5. The van der Waals surface area contributed by atoms with Crippen LogP contribution in [0.4, 0.5) is 0 Å². The summed E-state index contributed by atoms with van der Waals surface area (Å²) in [6.45, 7) is 5.14. The summed E-state index contributed by atoms with van der Waals surface area (Å²) in [6.07, 6.45) is 0. The molecule has 5 heteroatoms. The Morgan fingerprint density at radius 1 is 1.42 bits per heavy atom. The second kappa shape index (κ2) is 6.54. The Hall–Kier alpha value is -1.59. The minimum atomic E-state index is -0.968. The summed E-state index contributed by atoms with van der Waals surface area (Å²) >= 11 is 0. The van der Waals surface area contributed by atoms with Crippen molar-refractivity contribution in [3.8, 4) is 5.75 Å². The average Bonchev–Trinajstić information content (AvgIpc) is 2.27. The highest BCUT2D eigenvalue weighted by Gasteiger charge is 2.15. The van der Waals surface area contributed by atoms with Crippen LogP contribution in [0.5, 0.6) is 5.75 Å². The van der Waals surface area contributed by atoms with E-state index in [1.54, 1.807) is 26.0 Å². The third-order valence-electron chi connectivity index (χ3n) is 2.48. The van der Waals surface area contributed by atoms with Gasteiger partial charge in [0.25, 0.3) is 0 Å². The zero-order valence-electron chi connectivity index (χ0n) is 11.6. The van der Waals surface area contributed by atoms with Crippen LogP contribution in [0.15, 0.2) is 24.3 Å². The molecular formula is C14H21NO4. The molecule has 0 bridgehead atoms. The molecule has 1 aromatic rings. The van der Waals surface area contributed by atoms with Crippen molar-refractivity contribution < 1.29 is 19.7 Å². The third-order valence-corrected chi connectivity index (χ3v) is 2.48. The van der Waals surface area contributed by atoms with Gasteiger partial charge in [-0.15, -0.1) is 0 Å². The van der Waals surface area contributed by atoms with Gasteiger partial charge < -0.3 is 19.8 Å². The first-order chi connectivity index (χ1) is 8.78. The second-order valence-electron chi connectivity index (χ2n) is 5.23. The molecule has 19 heavy (non-hydrogen) atoms. The van der Waals surface area contributed by atoms with Crippen molar-refractivity contribution in [1.82, 2.24) is 4.90 Å². The largest absolute Gasteiger partial charge is 0.492 e. The number of carbonyl (C=O) groups is 1. The number of aliphatic hydroxyl groups is 1. The lowest BCUT2D eigenvalue weighted by Crippen LogP contribution is -2.38. The Bertz CT molecular complexity index is 426. The molecular weight excluding hydrogens is 246 g/mol. The van der Waals surface area contributed by atoms with E-state index < -0.39 is 11.6 Å². The Balaban J connectivity index is 2.41. The van der Waals surface area contributed by atoms with Crippen LogP contribution in [0.25, 0.3) is 0 Å². The Labute approximate surface area is 113 Å². The number of hydrogen-bond donors (Lipinski definition) is 2. The summed E-state index contributed by atoms with van der Waals surface area (Å²) in [7, 11) is 1.90. The summed E-state index contributed by atoms with van der Waals surface area (Å²) in [4.78, 5) is 12.8.